The zero-order valence-corrected chi connectivity index (χ0v) is 16.0. The van der Waals surface area contributed by atoms with Gasteiger partial charge in [-0.05, 0) is 44.0 Å². The topological polar surface area (TPSA) is 89.1 Å². The molecule has 1 unspecified atom stereocenters. The summed E-state index contributed by atoms with van der Waals surface area (Å²) in [6, 6.07) is 10.1. The highest BCUT2D eigenvalue weighted by molar-refractivity contribution is 5.92. The van der Waals surface area contributed by atoms with Crippen LogP contribution in [0.15, 0.2) is 36.5 Å². The number of fused-ring (bicyclic) bond motifs is 3. The Balaban J connectivity index is 1.48. The van der Waals surface area contributed by atoms with Gasteiger partial charge in [0, 0.05) is 60.1 Å². The van der Waals surface area contributed by atoms with E-state index in [1.807, 2.05) is 36.2 Å². The molecule has 4 heterocycles. The van der Waals surface area contributed by atoms with E-state index in [1.165, 1.54) is 5.69 Å². The number of hydrogen-bond donors (Lipinski definition) is 2. The van der Waals surface area contributed by atoms with Crippen LogP contribution < -0.4 is 11.1 Å². The van der Waals surface area contributed by atoms with Crippen molar-refractivity contribution in [2.24, 2.45) is 0 Å². The number of carbonyl (C=O) groups excluding carboxylic acids is 1. The minimum absolute atomic E-state index is 0.0135. The van der Waals surface area contributed by atoms with Crippen LogP contribution in [0.4, 0.5) is 10.5 Å². The molecule has 1 spiro atoms. The van der Waals surface area contributed by atoms with Crippen molar-refractivity contribution in [1.29, 1.82) is 0 Å². The number of amides is 2. The summed E-state index contributed by atoms with van der Waals surface area (Å²) in [7, 11) is 0. The predicted molar refractivity (Wildman–Crippen MR) is 109 cm³/mol. The van der Waals surface area contributed by atoms with Crippen molar-refractivity contribution in [2.75, 3.05) is 25.4 Å². The molecule has 28 heavy (non-hydrogen) atoms. The number of aromatic nitrogens is 3. The van der Waals surface area contributed by atoms with E-state index in [2.05, 4.69) is 27.1 Å². The fourth-order valence-corrected chi connectivity index (χ4v) is 4.64. The van der Waals surface area contributed by atoms with E-state index in [9.17, 15) is 4.79 Å². The molecule has 144 valence electrons. The first-order valence-corrected chi connectivity index (χ1v) is 9.85. The van der Waals surface area contributed by atoms with E-state index in [0.29, 0.717) is 6.54 Å². The van der Waals surface area contributed by atoms with Gasteiger partial charge in [0.25, 0.3) is 0 Å². The highest BCUT2D eigenvalue weighted by atomic mass is 16.2. The van der Waals surface area contributed by atoms with Gasteiger partial charge < -0.3 is 16.0 Å². The van der Waals surface area contributed by atoms with E-state index in [4.69, 9.17) is 10.8 Å². The number of hydrogen-bond acceptors (Lipinski definition) is 4. The smallest absolute Gasteiger partial charge is 0.317 e. The van der Waals surface area contributed by atoms with Gasteiger partial charge in [-0.2, -0.15) is 5.10 Å². The van der Waals surface area contributed by atoms with Gasteiger partial charge in [0.15, 0.2) is 0 Å². The number of anilines is 1. The number of rotatable bonds is 2. The number of urea groups is 1. The summed E-state index contributed by atoms with van der Waals surface area (Å²) in [5, 5.41) is 8.71. The highest BCUT2D eigenvalue weighted by Gasteiger charge is 2.46. The number of pyridine rings is 1. The first-order valence-electron chi connectivity index (χ1n) is 9.85. The lowest BCUT2D eigenvalue weighted by molar-refractivity contribution is 0.206. The Labute approximate surface area is 163 Å². The number of nitrogens with one attached hydrogen (secondary N) is 1. The molecule has 1 aromatic carbocycles. The maximum Gasteiger partial charge on any atom is 0.317 e. The van der Waals surface area contributed by atoms with E-state index in [1.54, 1.807) is 0 Å². The molecule has 2 amide bonds. The first kappa shape index (κ1) is 17.0. The van der Waals surface area contributed by atoms with E-state index in [-0.39, 0.29) is 11.4 Å². The maximum absolute atomic E-state index is 12.3. The average Bonchev–Trinajstić information content (AvgIpc) is 3.39. The largest absolute Gasteiger partial charge is 0.398 e. The molecule has 1 atom stereocenters. The zero-order chi connectivity index (χ0) is 19.3. The SMILES string of the molecule is CCNC(=O)N1CCC2(CCn3nc(-c4cnc5cccc(N)c5c4)cc32)C1. The summed E-state index contributed by atoms with van der Waals surface area (Å²) >= 11 is 0. The van der Waals surface area contributed by atoms with Gasteiger partial charge in [0.05, 0.1) is 11.2 Å². The molecule has 0 saturated carbocycles. The molecule has 2 aliphatic heterocycles. The molecule has 0 bridgehead atoms. The Morgan fingerprint density at radius 3 is 3.00 bits per heavy atom. The van der Waals surface area contributed by atoms with Crippen LogP contribution in [0.3, 0.4) is 0 Å². The number of nitrogens with two attached hydrogens (primary N) is 1. The van der Waals surface area contributed by atoms with E-state index >= 15 is 0 Å². The third-order valence-corrected chi connectivity index (χ3v) is 6.15. The lowest BCUT2D eigenvalue weighted by Crippen LogP contribution is -2.40. The fraction of sp³-hybridized carbons (Fsp3) is 0.381. The summed E-state index contributed by atoms with van der Waals surface area (Å²) in [5.74, 6) is 0. The molecular formula is C21H24N6O. The van der Waals surface area contributed by atoms with Crippen LogP contribution in [0.25, 0.3) is 22.2 Å². The Bertz CT molecular complexity index is 1070. The van der Waals surface area contributed by atoms with Crippen molar-refractivity contribution in [2.45, 2.75) is 31.7 Å². The van der Waals surface area contributed by atoms with Crippen molar-refractivity contribution >= 4 is 22.6 Å². The van der Waals surface area contributed by atoms with Crippen molar-refractivity contribution in [3.8, 4) is 11.3 Å². The molecular weight excluding hydrogens is 352 g/mol. The summed E-state index contributed by atoms with van der Waals surface area (Å²) in [6.45, 7) is 5.04. The third kappa shape index (κ3) is 2.53. The fourth-order valence-electron chi connectivity index (χ4n) is 4.64. The number of carbonyl (C=O) groups is 1. The van der Waals surface area contributed by atoms with Crippen molar-refractivity contribution in [3.63, 3.8) is 0 Å². The maximum atomic E-state index is 12.3. The number of nitrogen functional groups attached to an aromatic ring is 1. The van der Waals surface area contributed by atoms with Crippen LogP contribution in [0.5, 0.6) is 0 Å². The van der Waals surface area contributed by atoms with Crippen molar-refractivity contribution < 1.29 is 4.79 Å². The predicted octanol–water partition coefficient (Wildman–Crippen LogP) is 2.76. The normalized spacial score (nSPS) is 20.8. The second kappa shape index (κ2) is 6.22. The summed E-state index contributed by atoms with van der Waals surface area (Å²) in [5.41, 5.74) is 10.9. The molecule has 3 N–H and O–H groups in total. The molecule has 0 radical (unpaired) electrons. The number of nitrogens with zero attached hydrogens (tertiary/aromatic N) is 4. The molecule has 3 aromatic rings. The Morgan fingerprint density at radius 2 is 2.14 bits per heavy atom. The second-order valence-corrected chi connectivity index (χ2v) is 7.81. The van der Waals surface area contributed by atoms with Crippen LogP contribution >= 0.6 is 0 Å². The average molecular weight is 376 g/mol. The lowest BCUT2D eigenvalue weighted by Gasteiger charge is -2.23. The first-order chi connectivity index (χ1) is 13.6. The quantitative estimate of drug-likeness (QED) is 0.673. The molecule has 5 rings (SSSR count). The molecule has 7 heteroatoms. The van der Waals surface area contributed by atoms with Gasteiger partial charge in [0.1, 0.15) is 0 Å². The third-order valence-electron chi connectivity index (χ3n) is 6.15. The van der Waals surface area contributed by atoms with Crippen LogP contribution in [0, 0.1) is 0 Å². The highest BCUT2D eigenvalue weighted by Crippen LogP contribution is 2.43. The monoisotopic (exact) mass is 376 g/mol. The lowest BCUT2D eigenvalue weighted by atomic mass is 9.82. The van der Waals surface area contributed by atoms with E-state index in [0.717, 1.165) is 60.3 Å². The van der Waals surface area contributed by atoms with Crippen molar-refractivity contribution in [1.82, 2.24) is 25.0 Å². The van der Waals surface area contributed by atoms with Gasteiger partial charge in [-0.3, -0.25) is 9.67 Å². The molecule has 1 fully saturated rings. The molecule has 2 aromatic heterocycles. The van der Waals surface area contributed by atoms with Crippen LogP contribution in [0.2, 0.25) is 0 Å². The van der Waals surface area contributed by atoms with Gasteiger partial charge in [-0.25, -0.2) is 4.79 Å². The second-order valence-electron chi connectivity index (χ2n) is 7.81. The van der Waals surface area contributed by atoms with Crippen LogP contribution in [-0.2, 0) is 12.0 Å². The summed E-state index contributed by atoms with van der Waals surface area (Å²) in [6.07, 6.45) is 3.88. The van der Waals surface area contributed by atoms with Gasteiger partial charge >= 0.3 is 6.03 Å². The van der Waals surface area contributed by atoms with Gasteiger partial charge in [-0.1, -0.05) is 6.07 Å². The molecule has 0 aliphatic carbocycles. The summed E-state index contributed by atoms with van der Waals surface area (Å²) < 4.78 is 2.11. The Morgan fingerprint density at radius 1 is 1.29 bits per heavy atom. The Hall–Kier alpha value is -3.09. The van der Waals surface area contributed by atoms with E-state index < -0.39 is 0 Å². The number of likely N-dealkylation sites (tertiary alicyclic amines) is 1. The van der Waals surface area contributed by atoms with Gasteiger partial charge in [-0.15, -0.1) is 0 Å². The van der Waals surface area contributed by atoms with Crippen LogP contribution in [-0.4, -0.2) is 45.3 Å². The zero-order valence-electron chi connectivity index (χ0n) is 16.0. The standard InChI is InChI=1S/C21H24N6O/c1-2-23-20(28)26-8-6-21(13-26)7-9-27-19(21)11-18(25-27)14-10-15-16(22)4-3-5-17(15)24-12-14/h3-5,10-12H,2,6-9,13,22H2,1H3,(H,23,28). The van der Waals surface area contributed by atoms with Crippen molar-refractivity contribution in [3.05, 3.63) is 42.2 Å². The molecule has 7 nitrogen and oxygen atoms in total. The molecule has 1 saturated heterocycles. The number of aryl methyl sites for hydroxylation is 1. The van der Waals surface area contributed by atoms with Crippen LogP contribution in [0.1, 0.15) is 25.5 Å². The minimum atomic E-state index is 0.0135. The molecule has 2 aliphatic rings. The Kier molecular flexibility index (Phi) is 3.79. The van der Waals surface area contributed by atoms with Gasteiger partial charge in [0.2, 0.25) is 0 Å². The summed E-state index contributed by atoms with van der Waals surface area (Å²) in [4.78, 5) is 18.7. The number of benzene rings is 1. The minimum Gasteiger partial charge on any atom is -0.398 e.